The van der Waals surface area contributed by atoms with E-state index in [1.807, 2.05) is 38.1 Å². The second-order valence-electron chi connectivity index (χ2n) is 10.7. The maximum atomic E-state index is 7.26. The Hall–Kier alpha value is -0.100. The number of hydrogen-bond acceptors (Lipinski definition) is 2. The van der Waals surface area contributed by atoms with Crippen molar-refractivity contribution in [3.8, 4) is 0 Å². The highest BCUT2D eigenvalue weighted by molar-refractivity contribution is 6.53. The van der Waals surface area contributed by atoms with E-state index in [2.05, 4.69) is 12.1 Å². The van der Waals surface area contributed by atoms with Gasteiger partial charge in [-0.05, 0) is 94.0 Å². The van der Waals surface area contributed by atoms with Crippen LogP contribution in [-0.2, 0) is 29.0 Å². The normalized spacial score (nSPS) is 40.7. The van der Waals surface area contributed by atoms with Crippen LogP contribution in [0, 0.1) is 0 Å². The van der Waals surface area contributed by atoms with Crippen molar-refractivity contribution in [1.29, 1.82) is 0 Å². The van der Waals surface area contributed by atoms with Crippen molar-refractivity contribution in [3.05, 3.63) is 78.8 Å². The molecule has 4 bridgehead atoms. The second-order valence-corrected chi connectivity index (χ2v) is 14.5. The van der Waals surface area contributed by atoms with Gasteiger partial charge >= 0.3 is 0 Å². The zero-order chi connectivity index (χ0) is 27.6. The maximum absolute atomic E-state index is 7.26. The standard InChI is InChI=1S/C28H18Cl8O2/c1-23(37-3)25(33)15-7-11-5-13-9-17-18(28(36)22(32)21(31)27(17,35)24(28,2)38-4)10-14(13)6-12(11)8-16(15)26(23,34)20(30)19(25)29/h5-10H,1-4H3. The number of fused-ring (bicyclic) bond motifs is 12. The first-order chi connectivity index (χ1) is 17.6. The summed E-state index contributed by atoms with van der Waals surface area (Å²) in [4.78, 5) is -4.95. The maximum Gasteiger partial charge on any atom is 0.137 e. The molecule has 0 saturated carbocycles. The van der Waals surface area contributed by atoms with Crippen molar-refractivity contribution in [1.82, 2.24) is 0 Å². The predicted octanol–water partition coefficient (Wildman–Crippen LogP) is 9.97. The molecule has 4 aliphatic carbocycles. The Bertz CT molecular complexity index is 1510. The Morgan fingerprint density at radius 2 is 0.658 bits per heavy atom. The van der Waals surface area contributed by atoms with E-state index in [-0.39, 0.29) is 20.1 Å². The first-order valence-electron chi connectivity index (χ1n) is 11.7. The van der Waals surface area contributed by atoms with Crippen LogP contribution in [0.25, 0.3) is 21.5 Å². The number of benzene rings is 3. The Balaban J connectivity index is 1.52. The average Bonchev–Trinajstić information content (AvgIpc) is 3.26. The number of ether oxygens (including phenoxy) is 2. The lowest BCUT2D eigenvalue weighted by atomic mass is 9.88. The molecule has 3 aromatic carbocycles. The molecule has 0 aromatic heterocycles. The molecule has 198 valence electrons. The first kappa shape index (κ1) is 26.8. The highest BCUT2D eigenvalue weighted by Gasteiger charge is 2.77. The number of methoxy groups -OCH3 is 2. The van der Waals surface area contributed by atoms with Gasteiger partial charge in [0.05, 0.1) is 20.1 Å². The number of halogens is 8. The zero-order valence-corrected chi connectivity index (χ0v) is 26.4. The molecule has 3 aromatic rings. The molecule has 0 spiro atoms. The number of alkyl halides is 4. The minimum Gasteiger partial charge on any atom is -0.373 e. The number of rotatable bonds is 2. The van der Waals surface area contributed by atoms with Gasteiger partial charge in [0, 0.05) is 14.2 Å². The molecule has 10 heteroatoms. The summed E-state index contributed by atoms with van der Waals surface area (Å²) >= 11 is 55.9. The Labute approximate surface area is 259 Å². The van der Waals surface area contributed by atoms with E-state index in [1.54, 1.807) is 14.2 Å². The molecular weight excluding hydrogens is 652 g/mol. The molecular formula is C28H18Cl8O2. The molecule has 0 heterocycles. The third-order valence-corrected chi connectivity index (χ3v) is 15.1. The summed E-state index contributed by atoms with van der Waals surface area (Å²) in [6.07, 6.45) is 0. The van der Waals surface area contributed by atoms with Crippen molar-refractivity contribution >= 4 is 114 Å². The summed E-state index contributed by atoms with van der Waals surface area (Å²) in [5.74, 6) is 0. The van der Waals surface area contributed by atoms with Crippen LogP contribution in [0.15, 0.2) is 56.5 Å². The Morgan fingerprint density at radius 1 is 0.447 bits per heavy atom. The minimum absolute atomic E-state index is 0.273. The van der Waals surface area contributed by atoms with Crippen LogP contribution in [-0.4, -0.2) is 25.4 Å². The second kappa shape index (κ2) is 7.45. The quantitative estimate of drug-likeness (QED) is 0.200. The third kappa shape index (κ3) is 2.30. The molecule has 38 heavy (non-hydrogen) atoms. The van der Waals surface area contributed by atoms with Gasteiger partial charge < -0.3 is 9.47 Å². The molecule has 0 radical (unpaired) electrons. The fourth-order valence-electron chi connectivity index (χ4n) is 7.22. The third-order valence-electron chi connectivity index (χ3n) is 9.59. The Kier molecular flexibility index (Phi) is 5.25. The van der Waals surface area contributed by atoms with Crippen molar-refractivity contribution < 1.29 is 9.47 Å². The molecule has 2 nitrogen and oxygen atoms in total. The van der Waals surface area contributed by atoms with E-state index < -0.39 is 30.7 Å². The van der Waals surface area contributed by atoms with Crippen molar-refractivity contribution in [2.45, 2.75) is 44.5 Å². The molecule has 0 amide bonds. The van der Waals surface area contributed by atoms with Crippen LogP contribution in [0.2, 0.25) is 0 Å². The van der Waals surface area contributed by atoms with Crippen LogP contribution in [0.5, 0.6) is 0 Å². The van der Waals surface area contributed by atoms with E-state index in [0.717, 1.165) is 43.8 Å². The molecule has 7 rings (SSSR count). The van der Waals surface area contributed by atoms with Crippen LogP contribution in [0.4, 0.5) is 0 Å². The van der Waals surface area contributed by atoms with E-state index in [0.29, 0.717) is 0 Å². The van der Waals surface area contributed by atoms with Crippen LogP contribution in [0.3, 0.4) is 0 Å². The van der Waals surface area contributed by atoms with Gasteiger partial charge in [0.1, 0.15) is 30.7 Å². The van der Waals surface area contributed by atoms with Gasteiger partial charge in [-0.15, -0.1) is 46.4 Å². The molecule has 0 fully saturated rings. The lowest BCUT2D eigenvalue weighted by molar-refractivity contribution is -0.0244. The molecule has 4 atom stereocenters. The van der Waals surface area contributed by atoms with Gasteiger partial charge in [-0.2, -0.15) is 0 Å². The van der Waals surface area contributed by atoms with E-state index in [9.17, 15) is 0 Å². The molecule has 0 saturated heterocycles. The summed E-state index contributed by atoms with van der Waals surface area (Å²) in [6.45, 7) is 3.67. The summed E-state index contributed by atoms with van der Waals surface area (Å²) in [7, 11) is 3.12. The van der Waals surface area contributed by atoms with E-state index in [1.165, 1.54) is 0 Å². The van der Waals surface area contributed by atoms with Crippen molar-refractivity contribution in [3.63, 3.8) is 0 Å². The Morgan fingerprint density at radius 3 is 0.842 bits per heavy atom. The van der Waals surface area contributed by atoms with Crippen LogP contribution in [0.1, 0.15) is 36.1 Å². The van der Waals surface area contributed by atoms with Gasteiger partial charge in [0.25, 0.3) is 0 Å². The van der Waals surface area contributed by atoms with Gasteiger partial charge in [-0.25, -0.2) is 0 Å². The predicted molar refractivity (Wildman–Crippen MR) is 160 cm³/mol. The average molecular weight is 670 g/mol. The fourth-order valence-corrected chi connectivity index (χ4v) is 11.1. The molecule has 0 N–H and O–H groups in total. The number of hydrogen-bond donors (Lipinski definition) is 0. The van der Waals surface area contributed by atoms with E-state index in [4.69, 9.17) is 102 Å². The highest BCUT2D eigenvalue weighted by Crippen LogP contribution is 2.76. The van der Waals surface area contributed by atoms with Gasteiger partial charge in [0.15, 0.2) is 0 Å². The SMILES string of the molecule is COC1(C)C2(Cl)C(Cl)=C(Cl)C1(Cl)c1cc3cc4cc5c(cc4cc3cc12)C1(Cl)C(Cl)=C(Cl)C5(Cl)C1(C)OC. The largest absolute Gasteiger partial charge is 0.373 e. The molecule has 4 aliphatic rings. The lowest BCUT2D eigenvalue weighted by Gasteiger charge is -2.39. The lowest BCUT2D eigenvalue weighted by Crippen LogP contribution is -2.49. The fraction of sp³-hybridized carbons (Fsp3) is 0.357. The summed E-state index contributed by atoms with van der Waals surface area (Å²) in [5, 5.41) is 4.83. The summed E-state index contributed by atoms with van der Waals surface area (Å²) in [5.41, 5.74) is 0.848. The van der Waals surface area contributed by atoms with Crippen molar-refractivity contribution in [2.24, 2.45) is 0 Å². The highest BCUT2D eigenvalue weighted by atomic mass is 35.5. The summed E-state index contributed by atoms with van der Waals surface area (Å²) in [6, 6.07) is 12.2. The van der Waals surface area contributed by atoms with E-state index >= 15 is 0 Å². The topological polar surface area (TPSA) is 18.5 Å². The van der Waals surface area contributed by atoms with Gasteiger partial charge in [-0.3, -0.25) is 0 Å². The monoisotopic (exact) mass is 666 g/mol. The van der Waals surface area contributed by atoms with Gasteiger partial charge in [0.2, 0.25) is 0 Å². The smallest absolute Gasteiger partial charge is 0.137 e. The first-order valence-corrected chi connectivity index (χ1v) is 14.7. The van der Waals surface area contributed by atoms with Gasteiger partial charge in [-0.1, -0.05) is 46.4 Å². The van der Waals surface area contributed by atoms with Crippen LogP contribution >= 0.6 is 92.8 Å². The van der Waals surface area contributed by atoms with Crippen LogP contribution < -0.4 is 0 Å². The zero-order valence-electron chi connectivity index (χ0n) is 20.3. The minimum atomic E-state index is -1.24. The van der Waals surface area contributed by atoms with Crippen molar-refractivity contribution in [2.75, 3.05) is 14.2 Å². The molecule has 0 aliphatic heterocycles. The molecule has 4 unspecified atom stereocenters. The summed E-state index contributed by atoms with van der Waals surface area (Å²) < 4.78 is 11.9.